The smallest absolute Gasteiger partial charge is 0.225 e. The Morgan fingerprint density at radius 2 is 1.90 bits per heavy atom. The van der Waals surface area contributed by atoms with Gasteiger partial charge < -0.3 is 20.3 Å². The van der Waals surface area contributed by atoms with Gasteiger partial charge in [-0.2, -0.15) is 0 Å². The van der Waals surface area contributed by atoms with Crippen molar-refractivity contribution < 1.29 is 4.74 Å². The fraction of sp³-hybridized carbons (Fsp3) is 0.435. The molecule has 8 heteroatoms. The zero-order valence-corrected chi connectivity index (χ0v) is 18.3. The van der Waals surface area contributed by atoms with E-state index in [9.17, 15) is 0 Å². The maximum Gasteiger partial charge on any atom is 0.225 e. The molecule has 1 fully saturated rings. The van der Waals surface area contributed by atoms with Gasteiger partial charge in [0, 0.05) is 64.3 Å². The summed E-state index contributed by atoms with van der Waals surface area (Å²) in [5.74, 6) is 2.49. The maximum atomic E-state index is 5.72. The number of hydrogen-bond acceptors (Lipinski definition) is 6. The van der Waals surface area contributed by atoms with Crippen molar-refractivity contribution in [1.29, 1.82) is 0 Å². The molecule has 1 aromatic carbocycles. The van der Waals surface area contributed by atoms with Gasteiger partial charge in [0.2, 0.25) is 5.95 Å². The summed E-state index contributed by atoms with van der Waals surface area (Å²) >= 11 is 0. The molecule has 1 aliphatic rings. The quantitative estimate of drug-likeness (QED) is 0.262. The number of piperazine rings is 1. The number of benzene rings is 1. The SMILES string of the molecule is C=CCOc1ccccc1CNC(=NC)NCCCN1CCN(c2ncccn2)CC1. The molecule has 0 spiro atoms. The molecule has 0 amide bonds. The molecule has 166 valence electrons. The number of anilines is 1. The van der Waals surface area contributed by atoms with Crippen molar-refractivity contribution in [2.75, 3.05) is 57.8 Å². The van der Waals surface area contributed by atoms with Gasteiger partial charge in [0.05, 0.1) is 0 Å². The summed E-state index contributed by atoms with van der Waals surface area (Å²) in [6.07, 6.45) is 6.41. The van der Waals surface area contributed by atoms with Gasteiger partial charge in [-0.1, -0.05) is 30.9 Å². The Bertz CT molecular complexity index is 820. The summed E-state index contributed by atoms with van der Waals surface area (Å²) in [6.45, 7) is 10.8. The van der Waals surface area contributed by atoms with Crippen LogP contribution in [0.4, 0.5) is 5.95 Å². The monoisotopic (exact) mass is 423 g/mol. The van der Waals surface area contributed by atoms with E-state index in [0.29, 0.717) is 13.2 Å². The van der Waals surface area contributed by atoms with E-state index in [1.165, 1.54) is 0 Å². The van der Waals surface area contributed by atoms with Crippen LogP contribution in [0.15, 0.2) is 60.4 Å². The Hall–Kier alpha value is -3.13. The minimum absolute atomic E-state index is 0.497. The molecule has 2 aromatic rings. The van der Waals surface area contributed by atoms with Crippen LogP contribution in [0.2, 0.25) is 0 Å². The normalized spacial score (nSPS) is 14.9. The number of aliphatic imine (C=N–C) groups is 1. The van der Waals surface area contributed by atoms with Gasteiger partial charge >= 0.3 is 0 Å². The summed E-state index contributed by atoms with van der Waals surface area (Å²) in [5, 5.41) is 6.77. The van der Waals surface area contributed by atoms with Gasteiger partial charge in [-0.25, -0.2) is 9.97 Å². The second kappa shape index (κ2) is 12.5. The number of nitrogens with zero attached hydrogens (tertiary/aromatic N) is 5. The van der Waals surface area contributed by atoms with Crippen molar-refractivity contribution in [1.82, 2.24) is 25.5 Å². The Kier molecular flexibility index (Phi) is 9.12. The molecule has 0 saturated carbocycles. The van der Waals surface area contributed by atoms with E-state index in [2.05, 4.69) is 48.0 Å². The molecule has 0 radical (unpaired) electrons. The molecule has 1 saturated heterocycles. The molecule has 0 atom stereocenters. The fourth-order valence-electron chi connectivity index (χ4n) is 3.47. The molecule has 2 heterocycles. The van der Waals surface area contributed by atoms with E-state index in [1.54, 1.807) is 25.5 Å². The van der Waals surface area contributed by atoms with Crippen LogP contribution in [0.25, 0.3) is 0 Å². The van der Waals surface area contributed by atoms with Crippen LogP contribution in [0.1, 0.15) is 12.0 Å². The number of aromatic nitrogens is 2. The number of guanidine groups is 1. The number of hydrogen-bond donors (Lipinski definition) is 2. The number of rotatable bonds is 10. The third-order valence-electron chi connectivity index (χ3n) is 5.15. The van der Waals surface area contributed by atoms with Crippen molar-refractivity contribution in [3.05, 3.63) is 60.9 Å². The number of nitrogens with one attached hydrogen (secondary N) is 2. The minimum Gasteiger partial charge on any atom is -0.489 e. The van der Waals surface area contributed by atoms with Crippen molar-refractivity contribution in [2.45, 2.75) is 13.0 Å². The molecule has 3 rings (SSSR count). The van der Waals surface area contributed by atoms with E-state index < -0.39 is 0 Å². The van der Waals surface area contributed by atoms with E-state index >= 15 is 0 Å². The first kappa shape index (κ1) is 22.6. The van der Waals surface area contributed by atoms with Crippen LogP contribution >= 0.6 is 0 Å². The summed E-state index contributed by atoms with van der Waals surface area (Å²) in [4.78, 5) is 17.8. The molecule has 0 bridgehead atoms. The van der Waals surface area contributed by atoms with Crippen LogP contribution < -0.4 is 20.3 Å². The second-order valence-corrected chi connectivity index (χ2v) is 7.29. The first-order chi connectivity index (χ1) is 15.3. The summed E-state index contributed by atoms with van der Waals surface area (Å²) in [7, 11) is 1.79. The third kappa shape index (κ3) is 7.25. The molecule has 1 aromatic heterocycles. The standard InChI is InChI=1S/C23H33N7O/c1-3-18-31-21-9-5-4-8-20(21)19-28-22(24-2)25-12-7-13-29-14-16-30(17-15-29)23-26-10-6-11-27-23/h3-6,8-11H,1,7,12-19H2,2H3,(H2,24,25,28). The first-order valence-electron chi connectivity index (χ1n) is 10.8. The second-order valence-electron chi connectivity index (χ2n) is 7.29. The fourth-order valence-corrected chi connectivity index (χ4v) is 3.47. The Morgan fingerprint density at radius 1 is 1.13 bits per heavy atom. The van der Waals surface area contributed by atoms with Crippen molar-refractivity contribution in [2.24, 2.45) is 4.99 Å². The summed E-state index contributed by atoms with van der Waals surface area (Å²) < 4.78 is 5.72. The van der Waals surface area contributed by atoms with E-state index in [1.807, 2.05) is 24.3 Å². The van der Waals surface area contributed by atoms with Gasteiger partial charge in [-0.3, -0.25) is 9.89 Å². The lowest BCUT2D eigenvalue weighted by molar-refractivity contribution is 0.254. The number of para-hydroxylation sites is 1. The molecule has 8 nitrogen and oxygen atoms in total. The van der Waals surface area contributed by atoms with Crippen LogP contribution in [0.3, 0.4) is 0 Å². The molecule has 2 N–H and O–H groups in total. The van der Waals surface area contributed by atoms with E-state index in [0.717, 1.165) is 68.9 Å². The van der Waals surface area contributed by atoms with E-state index in [4.69, 9.17) is 4.74 Å². The van der Waals surface area contributed by atoms with Crippen LogP contribution in [0.5, 0.6) is 5.75 Å². The molecule has 1 aliphatic heterocycles. The Balaban J connectivity index is 1.33. The highest BCUT2D eigenvalue weighted by Gasteiger charge is 2.18. The zero-order valence-electron chi connectivity index (χ0n) is 18.3. The van der Waals surface area contributed by atoms with Gasteiger partial charge in [0.25, 0.3) is 0 Å². The molecule has 31 heavy (non-hydrogen) atoms. The summed E-state index contributed by atoms with van der Waals surface area (Å²) in [5.41, 5.74) is 1.09. The predicted octanol–water partition coefficient (Wildman–Crippen LogP) is 1.92. The van der Waals surface area contributed by atoms with Gasteiger partial charge in [-0.15, -0.1) is 0 Å². The topological polar surface area (TPSA) is 77.9 Å². The minimum atomic E-state index is 0.497. The lowest BCUT2D eigenvalue weighted by atomic mass is 10.2. The third-order valence-corrected chi connectivity index (χ3v) is 5.15. The maximum absolute atomic E-state index is 5.72. The first-order valence-corrected chi connectivity index (χ1v) is 10.8. The average Bonchev–Trinajstić information content (AvgIpc) is 2.84. The van der Waals surface area contributed by atoms with Crippen molar-refractivity contribution in [3.8, 4) is 5.75 Å². The van der Waals surface area contributed by atoms with Gasteiger partial charge in [0.15, 0.2) is 5.96 Å². The van der Waals surface area contributed by atoms with Gasteiger partial charge in [0.1, 0.15) is 12.4 Å². The Labute approximate surface area is 185 Å². The van der Waals surface area contributed by atoms with Crippen molar-refractivity contribution in [3.63, 3.8) is 0 Å². The highest BCUT2D eigenvalue weighted by molar-refractivity contribution is 5.79. The van der Waals surface area contributed by atoms with Crippen LogP contribution in [0, 0.1) is 0 Å². The highest BCUT2D eigenvalue weighted by Crippen LogP contribution is 2.17. The van der Waals surface area contributed by atoms with Gasteiger partial charge in [-0.05, 0) is 25.1 Å². The lowest BCUT2D eigenvalue weighted by Crippen LogP contribution is -2.47. The number of ether oxygens (including phenoxy) is 1. The van der Waals surface area contributed by atoms with E-state index in [-0.39, 0.29) is 0 Å². The van der Waals surface area contributed by atoms with Crippen LogP contribution in [-0.4, -0.2) is 73.8 Å². The largest absolute Gasteiger partial charge is 0.489 e. The van der Waals surface area contributed by atoms with Crippen LogP contribution in [-0.2, 0) is 6.54 Å². The Morgan fingerprint density at radius 3 is 2.65 bits per heavy atom. The zero-order chi connectivity index (χ0) is 21.7. The predicted molar refractivity (Wildman–Crippen MR) is 126 cm³/mol. The lowest BCUT2D eigenvalue weighted by Gasteiger charge is -2.34. The molecule has 0 aliphatic carbocycles. The average molecular weight is 424 g/mol. The molecular formula is C23H33N7O. The molecular weight excluding hydrogens is 390 g/mol. The molecule has 0 unspecified atom stereocenters. The van der Waals surface area contributed by atoms with Crippen molar-refractivity contribution >= 4 is 11.9 Å². The summed E-state index contributed by atoms with van der Waals surface area (Å²) in [6, 6.07) is 9.86. The highest BCUT2D eigenvalue weighted by atomic mass is 16.5.